The van der Waals surface area contributed by atoms with Crippen molar-refractivity contribution in [1.29, 1.82) is 0 Å². The molecule has 0 aliphatic rings. The Balaban J connectivity index is 1.96. The van der Waals surface area contributed by atoms with Gasteiger partial charge in [0.25, 0.3) is 5.91 Å². The predicted octanol–water partition coefficient (Wildman–Crippen LogP) is 3.75. The summed E-state index contributed by atoms with van der Waals surface area (Å²) in [6.07, 6.45) is -2.20. The van der Waals surface area contributed by atoms with Crippen molar-refractivity contribution in [3.05, 3.63) is 66.4 Å². The third-order valence-electron chi connectivity index (χ3n) is 3.27. The summed E-state index contributed by atoms with van der Waals surface area (Å²) < 4.78 is 37.5. The lowest BCUT2D eigenvalue weighted by molar-refractivity contribution is -0.137. The van der Waals surface area contributed by atoms with Crippen molar-refractivity contribution >= 4 is 29.3 Å². The van der Waals surface area contributed by atoms with Crippen LogP contribution in [-0.2, 0) is 11.0 Å². The minimum absolute atomic E-state index is 0.0685. The van der Waals surface area contributed by atoms with Gasteiger partial charge >= 0.3 is 6.18 Å². The van der Waals surface area contributed by atoms with Crippen LogP contribution in [0, 0.1) is 0 Å². The highest BCUT2D eigenvalue weighted by Crippen LogP contribution is 2.29. The molecule has 0 radical (unpaired) electrons. The SMILES string of the molecule is C=CCNC(=O)c1ccccc1NC(=O)CSc1ccc(C(F)(F)F)cn1. The molecule has 0 saturated carbocycles. The molecule has 1 aromatic carbocycles. The van der Waals surface area contributed by atoms with E-state index in [9.17, 15) is 22.8 Å². The van der Waals surface area contributed by atoms with E-state index in [-0.39, 0.29) is 23.2 Å². The number of benzene rings is 1. The Morgan fingerprint density at radius 2 is 1.93 bits per heavy atom. The molecule has 0 aliphatic carbocycles. The van der Waals surface area contributed by atoms with Gasteiger partial charge in [0.15, 0.2) is 0 Å². The van der Waals surface area contributed by atoms with Crippen molar-refractivity contribution < 1.29 is 22.8 Å². The van der Waals surface area contributed by atoms with E-state index in [1.54, 1.807) is 24.3 Å². The summed E-state index contributed by atoms with van der Waals surface area (Å²) in [5.74, 6) is -0.838. The lowest BCUT2D eigenvalue weighted by atomic mass is 10.1. The molecule has 0 unspecified atom stereocenters. The number of rotatable bonds is 7. The fraction of sp³-hybridized carbons (Fsp3) is 0.167. The van der Waals surface area contributed by atoms with Gasteiger partial charge in [-0.1, -0.05) is 30.0 Å². The molecular formula is C18H16F3N3O2S. The number of para-hydroxylation sites is 1. The first-order valence-electron chi connectivity index (χ1n) is 7.75. The number of thioether (sulfide) groups is 1. The molecule has 0 aliphatic heterocycles. The van der Waals surface area contributed by atoms with Gasteiger partial charge in [-0.3, -0.25) is 9.59 Å². The number of carbonyl (C=O) groups excluding carboxylic acids is 2. The van der Waals surface area contributed by atoms with Gasteiger partial charge in [0, 0.05) is 12.7 Å². The fourth-order valence-corrected chi connectivity index (χ4v) is 2.65. The Bertz CT molecular complexity index is 823. The zero-order chi connectivity index (χ0) is 19.9. The van der Waals surface area contributed by atoms with Crippen LogP contribution in [0.15, 0.2) is 60.3 Å². The smallest absolute Gasteiger partial charge is 0.349 e. The van der Waals surface area contributed by atoms with E-state index in [2.05, 4.69) is 22.2 Å². The fourth-order valence-electron chi connectivity index (χ4n) is 2.01. The molecule has 0 bridgehead atoms. The highest BCUT2D eigenvalue weighted by molar-refractivity contribution is 7.99. The number of carbonyl (C=O) groups is 2. The Kier molecular flexibility index (Phi) is 7.00. The molecule has 2 N–H and O–H groups in total. The van der Waals surface area contributed by atoms with Crippen molar-refractivity contribution in [2.75, 3.05) is 17.6 Å². The zero-order valence-electron chi connectivity index (χ0n) is 14.0. The minimum Gasteiger partial charge on any atom is -0.349 e. The molecular weight excluding hydrogens is 379 g/mol. The normalized spacial score (nSPS) is 10.9. The molecule has 5 nitrogen and oxygen atoms in total. The molecule has 9 heteroatoms. The highest BCUT2D eigenvalue weighted by atomic mass is 32.2. The number of hydrogen-bond donors (Lipinski definition) is 2. The number of anilines is 1. The summed E-state index contributed by atoms with van der Waals surface area (Å²) >= 11 is 0.991. The highest BCUT2D eigenvalue weighted by Gasteiger charge is 2.30. The van der Waals surface area contributed by atoms with Gasteiger partial charge in [-0.05, 0) is 24.3 Å². The van der Waals surface area contributed by atoms with Crippen LogP contribution >= 0.6 is 11.8 Å². The molecule has 1 aromatic heterocycles. The van der Waals surface area contributed by atoms with E-state index < -0.39 is 17.6 Å². The predicted molar refractivity (Wildman–Crippen MR) is 97.6 cm³/mol. The van der Waals surface area contributed by atoms with Crippen LogP contribution < -0.4 is 10.6 Å². The first-order valence-corrected chi connectivity index (χ1v) is 8.74. The van der Waals surface area contributed by atoms with Crippen molar-refractivity contribution in [3.8, 4) is 0 Å². The Morgan fingerprint density at radius 3 is 2.56 bits per heavy atom. The zero-order valence-corrected chi connectivity index (χ0v) is 14.9. The average Bonchev–Trinajstić information content (AvgIpc) is 2.64. The van der Waals surface area contributed by atoms with Gasteiger partial charge < -0.3 is 10.6 Å². The van der Waals surface area contributed by atoms with Crippen LogP contribution in [0.2, 0.25) is 0 Å². The second-order valence-corrected chi connectivity index (χ2v) is 6.26. The van der Waals surface area contributed by atoms with Gasteiger partial charge in [0.2, 0.25) is 5.91 Å². The average molecular weight is 395 g/mol. The molecule has 0 fully saturated rings. The number of pyridine rings is 1. The molecule has 0 saturated heterocycles. The molecule has 0 spiro atoms. The number of alkyl halides is 3. The van der Waals surface area contributed by atoms with E-state index in [1.165, 1.54) is 12.1 Å². The second-order valence-electron chi connectivity index (χ2n) is 5.26. The number of amides is 2. The maximum atomic E-state index is 12.5. The molecule has 0 atom stereocenters. The standard InChI is InChI=1S/C18H16F3N3O2S/c1-2-9-22-17(26)13-5-3-4-6-14(13)24-15(25)11-27-16-8-7-12(10-23-16)18(19,20)21/h2-8,10H,1,9,11H2,(H,22,26)(H,24,25). The van der Waals surface area contributed by atoms with E-state index in [0.29, 0.717) is 11.3 Å². The van der Waals surface area contributed by atoms with Gasteiger partial charge in [-0.2, -0.15) is 13.2 Å². The van der Waals surface area contributed by atoms with Crippen molar-refractivity contribution in [2.24, 2.45) is 0 Å². The molecule has 2 aromatic rings. The maximum absolute atomic E-state index is 12.5. The van der Waals surface area contributed by atoms with Gasteiger partial charge in [-0.25, -0.2) is 4.98 Å². The van der Waals surface area contributed by atoms with E-state index in [1.807, 2.05) is 0 Å². The largest absolute Gasteiger partial charge is 0.417 e. The Labute approximate surface area is 158 Å². The molecule has 27 heavy (non-hydrogen) atoms. The lowest BCUT2D eigenvalue weighted by Gasteiger charge is -2.11. The number of nitrogens with zero attached hydrogens (tertiary/aromatic N) is 1. The van der Waals surface area contributed by atoms with Crippen LogP contribution in [-0.4, -0.2) is 29.1 Å². The minimum atomic E-state index is -4.45. The maximum Gasteiger partial charge on any atom is 0.417 e. The second kappa shape index (κ2) is 9.22. The summed E-state index contributed by atoms with van der Waals surface area (Å²) in [5, 5.41) is 5.53. The summed E-state index contributed by atoms with van der Waals surface area (Å²) in [6, 6.07) is 8.61. The van der Waals surface area contributed by atoms with Gasteiger partial charge in [-0.15, -0.1) is 6.58 Å². The summed E-state index contributed by atoms with van der Waals surface area (Å²) in [4.78, 5) is 27.9. The third-order valence-corrected chi connectivity index (χ3v) is 4.21. The van der Waals surface area contributed by atoms with Gasteiger partial charge in [0.1, 0.15) is 0 Å². The van der Waals surface area contributed by atoms with E-state index in [4.69, 9.17) is 0 Å². The Hall–Kier alpha value is -2.81. The van der Waals surface area contributed by atoms with Crippen LogP contribution in [0.1, 0.15) is 15.9 Å². The van der Waals surface area contributed by atoms with Crippen molar-refractivity contribution in [2.45, 2.75) is 11.2 Å². The summed E-state index contributed by atoms with van der Waals surface area (Å²) in [5.41, 5.74) is -0.217. The quantitative estimate of drug-likeness (QED) is 0.553. The molecule has 2 amide bonds. The lowest BCUT2D eigenvalue weighted by Crippen LogP contribution is -2.25. The number of hydrogen-bond acceptors (Lipinski definition) is 4. The monoisotopic (exact) mass is 395 g/mol. The van der Waals surface area contributed by atoms with Crippen LogP contribution in [0.5, 0.6) is 0 Å². The molecule has 142 valence electrons. The number of nitrogens with one attached hydrogen (secondary N) is 2. The number of halogens is 3. The van der Waals surface area contributed by atoms with Crippen LogP contribution in [0.25, 0.3) is 0 Å². The summed E-state index contributed by atoms with van der Waals surface area (Å²) in [7, 11) is 0. The molecule has 2 rings (SSSR count). The van der Waals surface area contributed by atoms with Crippen molar-refractivity contribution in [3.63, 3.8) is 0 Å². The first kappa shape index (κ1) is 20.5. The number of aromatic nitrogens is 1. The molecule has 1 heterocycles. The van der Waals surface area contributed by atoms with Gasteiger partial charge in [0.05, 0.1) is 27.6 Å². The van der Waals surface area contributed by atoms with Crippen molar-refractivity contribution in [1.82, 2.24) is 10.3 Å². The van der Waals surface area contributed by atoms with Crippen LogP contribution in [0.4, 0.5) is 18.9 Å². The van der Waals surface area contributed by atoms with E-state index >= 15 is 0 Å². The summed E-state index contributed by atoms with van der Waals surface area (Å²) in [6.45, 7) is 3.80. The van der Waals surface area contributed by atoms with E-state index in [0.717, 1.165) is 24.0 Å². The first-order chi connectivity index (χ1) is 12.8. The topological polar surface area (TPSA) is 71.1 Å². The Morgan fingerprint density at radius 1 is 1.19 bits per heavy atom. The van der Waals surface area contributed by atoms with Crippen LogP contribution in [0.3, 0.4) is 0 Å². The third kappa shape index (κ3) is 6.14.